The van der Waals surface area contributed by atoms with E-state index in [1.165, 1.54) is 7.11 Å². The summed E-state index contributed by atoms with van der Waals surface area (Å²) in [6.45, 7) is 0.392. The molecule has 1 aliphatic carbocycles. The largest absolute Gasteiger partial charge is 0.497 e. The van der Waals surface area contributed by atoms with Gasteiger partial charge in [0.25, 0.3) is 0 Å². The Kier molecular flexibility index (Phi) is 5.45. The van der Waals surface area contributed by atoms with Crippen molar-refractivity contribution in [1.82, 2.24) is 15.1 Å². The summed E-state index contributed by atoms with van der Waals surface area (Å²) in [4.78, 5) is 41.7. The zero-order valence-corrected chi connectivity index (χ0v) is 16.8. The van der Waals surface area contributed by atoms with Crippen molar-refractivity contribution in [2.75, 3.05) is 33.9 Å². The van der Waals surface area contributed by atoms with Crippen molar-refractivity contribution in [3.63, 3.8) is 0 Å². The molecule has 3 amide bonds. The van der Waals surface area contributed by atoms with E-state index in [0.29, 0.717) is 13.0 Å². The standard InChI is InChI=1S/C21H27N3O5/c1-28-12-19(26)23-10-15-9-17(21(27)22-14-5-6-14)20(24(15)18(25)11-23)13-3-7-16(29-2)8-4-13/h3-4,7-8,14-15,17,20H,5-6,9-12H2,1-2H3,(H,22,27)/t15-,17-,20-/m1/s1. The van der Waals surface area contributed by atoms with E-state index in [2.05, 4.69) is 5.32 Å². The Labute approximate surface area is 170 Å². The maximum Gasteiger partial charge on any atom is 0.249 e. The molecule has 2 aliphatic heterocycles. The number of nitrogens with one attached hydrogen (secondary N) is 1. The fraction of sp³-hybridized carbons (Fsp3) is 0.571. The summed E-state index contributed by atoms with van der Waals surface area (Å²) in [5.74, 6) is 0.0462. The van der Waals surface area contributed by atoms with E-state index in [4.69, 9.17) is 9.47 Å². The van der Waals surface area contributed by atoms with Crippen LogP contribution in [0.2, 0.25) is 0 Å². The van der Waals surface area contributed by atoms with Gasteiger partial charge < -0.3 is 24.6 Å². The van der Waals surface area contributed by atoms with Crippen LogP contribution in [0.15, 0.2) is 24.3 Å². The summed E-state index contributed by atoms with van der Waals surface area (Å²) in [5.41, 5.74) is 0.911. The van der Waals surface area contributed by atoms with Crippen molar-refractivity contribution < 1.29 is 23.9 Å². The van der Waals surface area contributed by atoms with Gasteiger partial charge in [-0.25, -0.2) is 0 Å². The van der Waals surface area contributed by atoms with E-state index in [-0.39, 0.29) is 54.9 Å². The average molecular weight is 401 g/mol. The minimum Gasteiger partial charge on any atom is -0.497 e. The molecule has 156 valence electrons. The van der Waals surface area contributed by atoms with Crippen LogP contribution in [-0.4, -0.2) is 73.5 Å². The Hall–Kier alpha value is -2.61. The smallest absolute Gasteiger partial charge is 0.249 e. The first-order valence-corrected chi connectivity index (χ1v) is 10.0. The summed E-state index contributed by atoms with van der Waals surface area (Å²) in [7, 11) is 3.07. The molecule has 0 unspecified atom stereocenters. The van der Waals surface area contributed by atoms with Crippen LogP contribution in [0.5, 0.6) is 5.75 Å². The Bertz CT molecular complexity index is 792. The lowest BCUT2D eigenvalue weighted by atomic mass is 9.92. The van der Waals surface area contributed by atoms with Crippen molar-refractivity contribution in [3.05, 3.63) is 29.8 Å². The average Bonchev–Trinajstić information content (AvgIpc) is 3.44. The zero-order chi connectivity index (χ0) is 20.5. The van der Waals surface area contributed by atoms with E-state index in [9.17, 15) is 14.4 Å². The van der Waals surface area contributed by atoms with Crippen molar-refractivity contribution in [2.45, 2.75) is 37.4 Å². The highest BCUT2D eigenvalue weighted by molar-refractivity contribution is 5.89. The normalized spacial score (nSPS) is 26.3. The predicted molar refractivity (Wildman–Crippen MR) is 104 cm³/mol. The van der Waals surface area contributed by atoms with Gasteiger partial charge in [-0.15, -0.1) is 0 Å². The van der Waals surface area contributed by atoms with E-state index < -0.39 is 0 Å². The molecule has 29 heavy (non-hydrogen) atoms. The third-order valence-corrected chi connectivity index (χ3v) is 5.98. The molecule has 3 atom stereocenters. The summed E-state index contributed by atoms with van der Waals surface area (Å²) in [5, 5.41) is 3.09. The highest BCUT2D eigenvalue weighted by atomic mass is 16.5. The number of methoxy groups -OCH3 is 2. The summed E-state index contributed by atoms with van der Waals surface area (Å²) >= 11 is 0. The molecule has 0 bridgehead atoms. The molecule has 1 saturated carbocycles. The Morgan fingerprint density at radius 2 is 1.90 bits per heavy atom. The number of carbonyl (C=O) groups is 3. The molecule has 0 radical (unpaired) electrons. The first-order chi connectivity index (χ1) is 14.0. The first-order valence-electron chi connectivity index (χ1n) is 10.0. The Morgan fingerprint density at radius 3 is 2.52 bits per heavy atom. The molecule has 1 aromatic carbocycles. The van der Waals surface area contributed by atoms with Crippen LogP contribution in [-0.2, 0) is 19.1 Å². The predicted octanol–water partition coefficient (Wildman–Crippen LogP) is 0.721. The van der Waals surface area contributed by atoms with Gasteiger partial charge >= 0.3 is 0 Å². The van der Waals surface area contributed by atoms with E-state index in [1.54, 1.807) is 12.0 Å². The number of piperazine rings is 1. The molecule has 3 fully saturated rings. The van der Waals surface area contributed by atoms with Crippen LogP contribution in [0.4, 0.5) is 0 Å². The minimum absolute atomic E-state index is 0.00899. The number of carbonyl (C=O) groups excluding carboxylic acids is 3. The number of hydrogen-bond acceptors (Lipinski definition) is 5. The maximum absolute atomic E-state index is 13.0. The van der Waals surface area contributed by atoms with Gasteiger partial charge in [0.15, 0.2) is 0 Å². The first kappa shape index (κ1) is 19.7. The molecule has 2 heterocycles. The second-order valence-corrected chi connectivity index (χ2v) is 8.01. The fourth-order valence-electron chi connectivity index (χ4n) is 4.43. The molecule has 0 spiro atoms. The summed E-state index contributed by atoms with van der Waals surface area (Å²) in [6.07, 6.45) is 2.56. The van der Waals surface area contributed by atoms with Gasteiger partial charge in [0, 0.05) is 19.7 Å². The van der Waals surface area contributed by atoms with Crippen LogP contribution in [0.1, 0.15) is 30.9 Å². The quantitative estimate of drug-likeness (QED) is 0.759. The van der Waals surface area contributed by atoms with Crippen LogP contribution in [0.25, 0.3) is 0 Å². The third kappa shape index (κ3) is 3.94. The number of ether oxygens (including phenoxy) is 2. The maximum atomic E-state index is 13.0. The van der Waals surface area contributed by atoms with E-state index >= 15 is 0 Å². The van der Waals surface area contributed by atoms with Crippen molar-refractivity contribution in [1.29, 1.82) is 0 Å². The SMILES string of the molecule is COCC(=O)N1CC(=O)N2[C@H](C[C@@H](C(=O)NC3CC3)[C@H]2c2ccc(OC)cc2)C1. The lowest BCUT2D eigenvalue weighted by molar-refractivity contribution is -0.150. The Morgan fingerprint density at radius 1 is 1.17 bits per heavy atom. The molecule has 1 N–H and O–H groups in total. The minimum atomic E-state index is -0.338. The molecule has 1 aromatic rings. The van der Waals surface area contributed by atoms with Gasteiger partial charge in [0.05, 0.1) is 31.7 Å². The van der Waals surface area contributed by atoms with Crippen molar-refractivity contribution >= 4 is 17.7 Å². The second-order valence-electron chi connectivity index (χ2n) is 8.01. The topological polar surface area (TPSA) is 88.2 Å². The highest BCUT2D eigenvalue weighted by Crippen LogP contribution is 2.43. The number of nitrogens with zero attached hydrogens (tertiary/aromatic N) is 2. The number of amides is 3. The number of rotatable bonds is 6. The second kappa shape index (κ2) is 8.02. The molecule has 0 aromatic heterocycles. The van der Waals surface area contributed by atoms with Gasteiger partial charge in [0.2, 0.25) is 17.7 Å². The zero-order valence-electron chi connectivity index (χ0n) is 16.8. The van der Waals surface area contributed by atoms with Gasteiger partial charge in [-0.2, -0.15) is 0 Å². The fourth-order valence-corrected chi connectivity index (χ4v) is 4.43. The number of benzene rings is 1. The van der Waals surface area contributed by atoms with Crippen LogP contribution >= 0.6 is 0 Å². The van der Waals surface area contributed by atoms with Crippen LogP contribution < -0.4 is 10.1 Å². The molecule has 4 rings (SSSR count). The van der Waals surface area contributed by atoms with Crippen molar-refractivity contribution in [2.24, 2.45) is 5.92 Å². The van der Waals surface area contributed by atoms with Crippen LogP contribution in [0.3, 0.4) is 0 Å². The Balaban J connectivity index is 1.61. The van der Waals surface area contributed by atoms with Gasteiger partial charge in [-0.1, -0.05) is 12.1 Å². The molecule has 8 nitrogen and oxygen atoms in total. The van der Waals surface area contributed by atoms with Gasteiger partial charge in [-0.05, 0) is 37.0 Å². The number of hydrogen-bond donors (Lipinski definition) is 1. The highest BCUT2D eigenvalue weighted by Gasteiger charge is 2.51. The van der Waals surface area contributed by atoms with Gasteiger partial charge in [0.1, 0.15) is 12.4 Å². The van der Waals surface area contributed by atoms with Crippen LogP contribution in [0, 0.1) is 5.92 Å². The molecular formula is C21H27N3O5. The monoisotopic (exact) mass is 401 g/mol. The van der Waals surface area contributed by atoms with E-state index in [1.807, 2.05) is 29.2 Å². The molecule has 8 heteroatoms. The number of fused-ring (bicyclic) bond motifs is 1. The molecule has 2 saturated heterocycles. The lowest BCUT2D eigenvalue weighted by Crippen LogP contribution is -2.56. The molecule has 3 aliphatic rings. The van der Waals surface area contributed by atoms with Crippen molar-refractivity contribution in [3.8, 4) is 5.75 Å². The molecular weight excluding hydrogens is 374 g/mol. The van der Waals surface area contributed by atoms with Gasteiger partial charge in [-0.3, -0.25) is 14.4 Å². The summed E-state index contributed by atoms with van der Waals surface area (Å²) < 4.78 is 10.2. The summed E-state index contributed by atoms with van der Waals surface area (Å²) in [6, 6.07) is 7.27. The lowest BCUT2D eigenvalue weighted by Gasteiger charge is -2.40. The van der Waals surface area contributed by atoms with E-state index in [0.717, 1.165) is 24.2 Å². The third-order valence-electron chi connectivity index (χ3n) is 5.98.